The minimum absolute atomic E-state index is 0.0101. The zero-order valence-electron chi connectivity index (χ0n) is 15.8. The molecule has 0 aliphatic carbocycles. The molecule has 2 aromatic rings. The summed E-state index contributed by atoms with van der Waals surface area (Å²) < 4.78 is 0. The van der Waals surface area contributed by atoms with Gasteiger partial charge in [0.05, 0.1) is 0 Å². The van der Waals surface area contributed by atoms with Crippen LogP contribution in [-0.4, -0.2) is 28.1 Å². The first kappa shape index (κ1) is 21.3. The summed E-state index contributed by atoms with van der Waals surface area (Å²) in [5, 5.41) is 15.5. The molecular weight excluding hydrogens is 384 g/mol. The van der Waals surface area contributed by atoms with Gasteiger partial charge in [0.15, 0.2) is 0 Å². The maximum Gasteiger partial charge on any atom is 0.249 e. The first-order valence-electron chi connectivity index (χ1n) is 9.14. The van der Waals surface area contributed by atoms with Gasteiger partial charge in [-0.05, 0) is 24.5 Å². The molecule has 0 spiro atoms. The predicted molar refractivity (Wildman–Crippen MR) is 110 cm³/mol. The first-order chi connectivity index (χ1) is 12.9. The summed E-state index contributed by atoms with van der Waals surface area (Å²) in [6.45, 7) is 5.96. The van der Waals surface area contributed by atoms with Gasteiger partial charge in [-0.25, -0.2) is 0 Å². The standard InChI is InChI=1S/C19H25ClN4O2S/c1-4-6-10-15(25)21-16(12(3)5-2)17(26)22-19-24-23-18(27-19)13-8-7-9-14(20)11-13/h7-9,11-12,16H,4-6,10H2,1-3H3,(H,21,25)(H,22,24,26). The average Bonchev–Trinajstić information content (AvgIpc) is 3.12. The van der Waals surface area contributed by atoms with E-state index >= 15 is 0 Å². The number of hydrogen-bond acceptors (Lipinski definition) is 5. The van der Waals surface area contributed by atoms with Gasteiger partial charge in [-0.15, -0.1) is 10.2 Å². The molecule has 2 N–H and O–H groups in total. The number of nitrogens with zero attached hydrogens (tertiary/aromatic N) is 2. The normalized spacial score (nSPS) is 13.0. The van der Waals surface area contributed by atoms with E-state index in [1.165, 1.54) is 11.3 Å². The lowest BCUT2D eigenvalue weighted by Gasteiger charge is -2.22. The lowest BCUT2D eigenvalue weighted by Crippen LogP contribution is -2.47. The van der Waals surface area contributed by atoms with Crippen molar-refractivity contribution in [1.82, 2.24) is 15.5 Å². The second-order valence-electron chi connectivity index (χ2n) is 6.45. The van der Waals surface area contributed by atoms with Gasteiger partial charge in [-0.2, -0.15) is 0 Å². The Bertz CT molecular complexity index is 781. The molecule has 0 saturated carbocycles. The van der Waals surface area contributed by atoms with Crippen LogP contribution in [0.25, 0.3) is 10.6 Å². The Morgan fingerprint density at radius 2 is 2.04 bits per heavy atom. The summed E-state index contributed by atoms with van der Waals surface area (Å²) in [7, 11) is 0. The minimum Gasteiger partial charge on any atom is -0.344 e. The number of nitrogens with one attached hydrogen (secondary N) is 2. The lowest BCUT2D eigenvalue weighted by molar-refractivity contribution is -0.127. The van der Waals surface area contributed by atoms with Gasteiger partial charge in [0.2, 0.25) is 16.9 Å². The van der Waals surface area contributed by atoms with Gasteiger partial charge in [-0.3, -0.25) is 14.9 Å². The van der Waals surface area contributed by atoms with E-state index in [1.54, 1.807) is 12.1 Å². The molecule has 0 saturated heterocycles. The van der Waals surface area contributed by atoms with E-state index in [1.807, 2.05) is 32.9 Å². The Morgan fingerprint density at radius 1 is 1.26 bits per heavy atom. The molecule has 0 fully saturated rings. The molecule has 8 heteroatoms. The van der Waals surface area contributed by atoms with Gasteiger partial charge >= 0.3 is 0 Å². The fourth-order valence-corrected chi connectivity index (χ4v) is 3.41. The van der Waals surface area contributed by atoms with Crippen LogP contribution in [0.2, 0.25) is 5.02 Å². The molecule has 1 aromatic heterocycles. The summed E-state index contributed by atoms with van der Waals surface area (Å²) in [4.78, 5) is 24.8. The summed E-state index contributed by atoms with van der Waals surface area (Å²) >= 11 is 7.28. The Kier molecular flexibility index (Phi) is 8.19. The highest BCUT2D eigenvalue weighted by atomic mass is 35.5. The van der Waals surface area contributed by atoms with E-state index in [9.17, 15) is 9.59 Å². The van der Waals surface area contributed by atoms with E-state index in [0.717, 1.165) is 24.8 Å². The molecule has 1 aromatic carbocycles. The maximum absolute atomic E-state index is 12.7. The van der Waals surface area contributed by atoms with Gasteiger partial charge in [-0.1, -0.05) is 68.7 Å². The van der Waals surface area contributed by atoms with Gasteiger partial charge in [0.25, 0.3) is 0 Å². The van der Waals surface area contributed by atoms with Crippen LogP contribution in [-0.2, 0) is 9.59 Å². The summed E-state index contributed by atoms with van der Waals surface area (Å²) in [5.74, 6) is -0.368. The largest absolute Gasteiger partial charge is 0.344 e. The molecule has 146 valence electrons. The summed E-state index contributed by atoms with van der Waals surface area (Å²) in [6.07, 6.45) is 2.94. The fraction of sp³-hybridized carbons (Fsp3) is 0.474. The molecule has 2 unspecified atom stereocenters. The molecule has 1 heterocycles. The van der Waals surface area contributed by atoms with E-state index in [0.29, 0.717) is 21.6 Å². The number of hydrogen-bond donors (Lipinski definition) is 2. The van der Waals surface area contributed by atoms with Crippen molar-refractivity contribution in [3.8, 4) is 10.6 Å². The quantitative estimate of drug-likeness (QED) is 0.638. The predicted octanol–water partition coefficient (Wildman–Crippen LogP) is 4.52. The van der Waals surface area contributed by atoms with Crippen LogP contribution in [0.5, 0.6) is 0 Å². The van der Waals surface area contributed by atoms with Crippen LogP contribution >= 0.6 is 22.9 Å². The third-order valence-electron chi connectivity index (χ3n) is 4.30. The monoisotopic (exact) mass is 408 g/mol. The second-order valence-corrected chi connectivity index (χ2v) is 7.86. The zero-order valence-corrected chi connectivity index (χ0v) is 17.4. The Balaban J connectivity index is 2.07. The zero-order chi connectivity index (χ0) is 19.8. The maximum atomic E-state index is 12.7. The molecule has 27 heavy (non-hydrogen) atoms. The number of carbonyl (C=O) groups excluding carboxylic acids is 2. The van der Waals surface area contributed by atoms with Crippen LogP contribution in [0.15, 0.2) is 24.3 Å². The van der Waals surface area contributed by atoms with Crippen molar-refractivity contribution in [2.45, 2.75) is 52.5 Å². The van der Waals surface area contributed by atoms with E-state index in [-0.39, 0.29) is 17.7 Å². The summed E-state index contributed by atoms with van der Waals surface area (Å²) in [5.41, 5.74) is 0.840. The van der Waals surface area contributed by atoms with Gasteiger partial charge in [0.1, 0.15) is 11.0 Å². The molecule has 0 aliphatic rings. The van der Waals surface area contributed by atoms with Gasteiger partial charge < -0.3 is 5.32 Å². The van der Waals surface area contributed by atoms with Crippen LogP contribution < -0.4 is 10.6 Å². The van der Waals surface area contributed by atoms with Crippen molar-refractivity contribution in [1.29, 1.82) is 0 Å². The van der Waals surface area contributed by atoms with Crippen molar-refractivity contribution >= 4 is 39.9 Å². The number of aromatic nitrogens is 2. The van der Waals surface area contributed by atoms with Crippen molar-refractivity contribution in [3.63, 3.8) is 0 Å². The third kappa shape index (κ3) is 6.29. The third-order valence-corrected chi connectivity index (χ3v) is 5.42. The number of amides is 2. The van der Waals surface area contributed by atoms with Crippen molar-refractivity contribution in [2.75, 3.05) is 5.32 Å². The highest BCUT2D eigenvalue weighted by Gasteiger charge is 2.26. The van der Waals surface area contributed by atoms with Gasteiger partial charge in [0, 0.05) is 17.0 Å². The van der Waals surface area contributed by atoms with Crippen LogP contribution in [0.3, 0.4) is 0 Å². The Labute approximate surface area is 168 Å². The minimum atomic E-state index is -0.599. The van der Waals surface area contributed by atoms with Crippen LogP contribution in [0.4, 0.5) is 5.13 Å². The molecule has 0 radical (unpaired) electrons. The smallest absolute Gasteiger partial charge is 0.249 e. The number of unbranched alkanes of at least 4 members (excludes halogenated alkanes) is 1. The van der Waals surface area contributed by atoms with E-state index < -0.39 is 6.04 Å². The molecule has 2 atom stereocenters. The highest BCUT2D eigenvalue weighted by molar-refractivity contribution is 7.18. The van der Waals surface area contributed by atoms with Crippen LogP contribution in [0.1, 0.15) is 46.5 Å². The van der Waals surface area contributed by atoms with Crippen molar-refractivity contribution < 1.29 is 9.59 Å². The molecule has 2 amide bonds. The number of carbonyl (C=O) groups is 2. The average molecular weight is 409 g/mol. The lowest BCUT2D eigenvalue weighted by atomic mass is 9.98. The fourth-order valence-electron chi connectivity index (χ4n) is 2.48. The SMILES string of the molecule is CCCCC(=O)NC(C(=O)Nc1nnc(-c2cccc(Cl)c2)s1)C(C)CC. The van der Waals surface area contributed by atoms with Crippen molar-refractivity contribution in [2.24, 2.45) is 5.92 Å². The Morgan fingerprint density at radius 3 is 2.70 bits per heavy atom. The number of anilines is 1. The topological polar surface area (TPSA) is 84.0 Å². The van der Waals surface area contributed by atoms with E-state index in [4.69, 9.17) is 11.6 Å². The van der Waals surface area contributed by atoms with Crippen LogP contribution in [0, 0.1) is 5.92 Å². The van der Waals surface area contributed by atoms with Crippen molar-refractivity contribution in [3.05, 3.63) is 29.3 Å². The molecular formula is C19H25ClN4O2S. The Hall–Kier alpha value is -1.99. The molecule has 6 nitrogen and oxygen atoms in total. The number of halogens is 1. The molecule has 0 bridgehead atoms. The first-order valence-corrected chi connectivity index (χ1v) is 10.3. The highest BCUT2D eigenvalue weighted by Crippen LogP contribution is 2.28. The number of rotatable bonds is 9. The molecule has 2 rings (SSSR count). The van der Waals surface area contributed by atoms with E-state index in [2.05, 4.69) is 20.8 Å². The summed E-state index contributed by atoms with van der Waals surface area (Å²) in [6, 6.07) is 6.70. The number of benzene rings is 1. The molecule has 0 aliphatic heterocycles. The second kappa shape index (κ2) is 10.4.